The summed E-state index contributed by atoms with van der Waals surface area (Å²) >= 11 is 0. The van der Waals surface area contributed by atoms with Crippen LogP contribution < -0.4 is 14.8 Å². The molecule has 0 radical (unpaired) electrons. The summed E-state index contributed by atoms with van der Waals surface area (Å²) in [6, 6.07) is 8.91. The van der Waals surface area contributed by atoms with Crippen molar-refractivity contribution in [3.63, 3.8) is 0 Å². The van der Waals surface area contributed by atoms with Crippen LogP contribution >= 0.6 is 0 Å². The van der Waals surface area contributed by atoms with Crippen LogP contribution in [0.25, 0.3) is 0 Å². The van der Waals surface area contributed by atoms with E-state index in [0.29, 0.717) is 43.2 Å². The standard InChI is InChI=1S/C21H24N4O7/c1-31-17-7-6-14(12-18(17)32-2)21(28)24-10-8-23(9-11-24)13-19(26)22-15-4-3-5-16(20(15)27)25(29)30/h3-7,12,27H,8-11,13H2,1-2H3,(H,22,26). The number of piperazine rings is 1. The zero-order valence-corrected chi connectivity index (χ0v) is 17.7. The number of amides is 2. The average Bonchev–Trinajstić information content (AvgIpc) is 2.79. The number of phenolic OH excluding ortho intramolecular Hbond substituents is 1. The summed E-state index contributed by atoms with van der Waals surface area (Å²) < 4.78 is 10.4. The van der Waals surface area contributed by atoms with Gasteiger partial charge in [0.1, 0.15) is 0 Å². The predicted molar refractivity (Wildman–Crippen MR) is 115 cm³/mol. The van der Waals surface area contributed by atoms with Crippen LogP contribution in [-0.2, 0) is 4.79 Å². The molecule has 0 saturated carbocycles. The van der Waals surface area contributed by atoms with E-state index in [1.54, 1.807) is 23.1 Å². The van der Waals surface area contributed by atoms with Crippen molar-refractivity contribution in [2.45, 2.75) is 0 Å². The van der Waals surface area contributed by atoms with E-state index in [0.717, 1.165) is 6.07 Å². The number of carbonyl (C=O) groups is 2. The lowest BCUT2D eigenvalue weighted by atomic mass is 10.1. The summed E-state index contributed by atoms with van der Waals surface area (Å²) in [5, 5.41) is 23.4. The molecule has 3 rings (SSSR count). The number of para-hydroxylation sites is 1. The number of nitrogens with one attached hydrogen (secondary N) is 1. The number of ether oxygens (including phenoxy) is 2. The molecule has 2 amide bonds. The van der Waals surface area contributed by atoms with Crippen molar-refractivity contribution in [1.29, 1.82) is 0 Å². The van der Waals surface area contributed by atoms with Crippen LogP contribution in [0.15, 0.2) is 36.4 Å². The van der Waals surface area contributed by atoms with Crippen molar-refractivity contribution < 1.29 is 29.1 Å². The summed E-state index contributed by atoms with van der Waals surface area (Å²) in [6.45, 7) is 1.85. The molecule has 2 aromatic rings. The molecule has 0 aliphatic carbocycles. The Kier molecular flexibility index (Phi) is 7.11. The van der Waals surface area contributed by atoms with Gasteiger partial charge in [-0.3, -0.25) is 24.6 Å². The largest absolute Gasteiger partial charge is 0.501 e. The smallest absolute Gasteiger partial charge is 0.312 e. The maximum absolute atomic E-state index is 12.8. The topological polar surface area (TPSA) is 134 Å². The Morgan fingerprint density at radius 1 is 1.09 bits per heavy atom. The minimum Gasteiger partial charge on any atom is -0.501 e. The lowest BCUT2D eigenvalue weighted by molar-refractivity contribution is -0.385. The predicted octanol–water partition coefficient (Wildman–Crippen LogP) is 1.71. The van der Waals surface area contributed by atoms with E-state index >= 15 is 0 Å². The third kappa shape index (κ3) is 5.06. The van der Waals surface area contributed by atoms with E-state index in [4.69, 9.17) is 9.47 Å². The number of nitro groups is 1. The van der Waals surface area contributed by atoms with E-state index in [2.05, 4.69) is 5.32 Å². The van der Waals surface area contributed by atoms with Crippen molar-refractivity contribution in [2.75, 3.05) is 52.3 Å². The van der Waals surface area contributed by atoms with Crippen molar-refractivity contribution >= 4 is 23.2 Å². The van der Waals surface area contributed by atoms with E-state index in [1.165, 1.54) is 26.4 Å². The second-order valence-corrected chi connectivity index (χ2v) is 7.12. The number of nitro benzene ring substituents is 1. The Hall–Kier alpha value is -3.86. The molecule has 11 nitrogen and oxygen atoms in total. The number of aromatic hydroxyl groups is 1. The monoisotopic (exact) mass is 444 g/mol. The summed E-state index contributed by atoms with van der Waals surface area (Å²) in [6.07, 6.45) is 0. The molecule has 0 spiro atoms. The van der Waals surface area contributed by atoms with Crippen molar-refractivity contribution in [3.8, 4) is 17.2 Å². The van der Waals surface area contributed by atoms with Crippen LogP contribution in [0.5, 0.6) is 17.2 Å². The van der Waals surface area contributed by atoms with Crippen molar-refractivity contribution in [2.24, 2.45) is 0 Å². The molecule has 1 aliphatic heterocycles. The number of carbonyl (C=O) groups excluding carboxylic acids is 2. The van der Waals surface area contributed by atoms with Gasteiger partial charge in [0.05, 0.1) is 31.4 Å². The SMILES string of the molecule is COc1ccc(C(=O)N2CCN(CC(=O)Nc3cccc([N+](=O)[O-])c3O)CC2)cc1OC. The molecule has 1 fully saturated rings. The van der Waals surface area contributed by atoms with Crippen LogP contribution in [0.2, 0.25) is 0 Å². The summed E-state index contributed by atoms with van der Waals surface area (Å²) in [5.41, 5.74) is -0.0217. The highest BCUT2D eigenvalue weighted by molar-refractivity contribution is 5.95. The minimum atomic E-state index is -0.723. The van der Waals surface area contributed by atoms with Crippen LogP contribution in [0.3, 0.4) is 0 Å². The Bertz CT molecular complexity index is 1020. The number of hydrogen-bond donors (Lipinski definition) is 2. The van der Waals surface area contributed by atoms with Gasteiger partial charge >= 0.3 is 5.69 Å². The number of rotatable bonds is 7. The van der Waals surface area contributed by atoms with Gasteiger partial charge in [-0.1, -0.05) is 6.07 Å². The van der Waals surface area contributed by atoms with Crippen molar-refractivity contribution in [1.82, 2.24) is 9.80 Å². The number of nitrogens with zero attached hydrogens (tertiary/aromatic N) is 3. The highest BCUT2D eigenvalue weighted by Gasteiger charge is 2.25. The highest BCUT2D eigenvalue weighted by Crippen LogP contribution is 2.33. The quantitative estimate of drug-likeness (QED) is 0.374. The van der Waals surface area contributed by atoms with E-state index in [-0.39, 0.29) is 18.1 Å². The van der Waals surface area contributed by atoms with Crippen LogP contribution in [0.4, 0.5) is 11.4 Å². The van der Waals surface area contributed by atoms with Gasteiger partial charge in [-0.2, -0.15) is 0 Å². The van der Waals surface area contributed by atoms with Gasteiger partial charge in [0.25, 0.3) is 5.91 Å². The van der Waals surface area contributed by atoms with Gasteiger partial charge in [-0.05, 0) is 24.3 Å². The van der Waals surface area contributed by atoms with Crippen molar-refractivity contribution in [3.05, 3.63) is 52.1 Å². The average molecular weight is 444 g/mol. The van der Waals surface area contributed by atoms with Gasteiger partial charge in [-0.15, -0.1) is 0 Å². The molecule has 2 N–H and O–H groups in total. The molecule has 0 unspecified atom stereocenters. The molecule has 0 atom stereocenters. The third-order valence-electron chi connectivity index (χ3n) is 5.14. The molecular formula is C21H24N4O7. The van der Waals surface area contributed by atoms with Gasteiger partial charge in [0.15, 0.2) is 11.5 Å². The maximum atomic E-state index is 12.8. The summed E-state index contributed by atoms with van der Waals surface area (Å²) in [5.74, 6) is -0.138. The van der Waals surface area contributed by atoms with Crippen LogP contribution in [0, 0.1) is 10.1 Å². The minimum absolute atomic E-state index is 0.0218. The fourth-order valence-corrected chi connectivity index (χ4v) is 3.43. The molecule has 1 heterocycles. The second-order valence-electron chi connectivity index (χ2n) is 7.12. The van der Waals surface area contributed by atoms with E-state index in [1.807, 2.05) is 4.90 Å². The van der Waals surface area contributed by atoms with Gasteiger partial charge in [-0.25, -0.2) is 0 Å². The third-order valence-corrected chi connectivity index (χ3v) is 5.14. The fraction of sp³-hybridized carbons (Fsp3) is 0.333. The maximum Gasteiger partial charge on any atom is 0.312 e. The number of methoxy groups -OCH3 is 2. The first-order valence-electron chi connectivity index (χ1n) is 9.84. The Morgan fingerprint density at radius 3 is 2.41 bits per heavy atom. The van der Waals surface area contributed by atoms with Gasteiger partial charge in [0, 0.05) is 37.8 Å². The van der Waals surface area contributed by atoms with E-state index < -0.39 is 22.3 Å². The van der Waals surface area contributed by atoms with Crippen LogP contribution in [0.1, 0.15) is 10.4 Å². The second kappa shape index (κ2) is 9.96. The van der Waals surface area contributed by atoms with Gasteiger partial charge < -0.3 is 24.8 Å². The highest BCUT2D eigenvalue weighted by atomic mass is 16.6. The molecule has 0 bridgehead atoms. The molecule has 11 heteroatoms. The van der Waals surface area contributed by atoms with Gasteiger partial charge in [0.2, 0.25) is 11.7 Å². The number of benzene rings is 2. The molecule has 32 heavy (non-hydrogen) atoms. The molecular weight excluding hydrogens is 420 g/mol. The zero-order valence-electron chi connectivity index (χ0n) is 17.7. The molecule has 1 aliphatic rings. The molecule has 1 saturated heterocycles. The molecule has 0 aromatic heterocycles. The first-order chi connectivity index (χ1) is 15.3. The molecule has 170 valence electrons. The lowest BCUT2D eigenvalue weighted by Gasteiger charge is -2.34. The number of anilines is 1. The van der Waals surface area contributed by atoms with E-state index in [9.17, 15) is 24.8 Å². The Morgan fingerprint density at radius 2 is 1.78 bits per heavy atom. The lowest BCUT2D eigenvalue weighted by Crippen LogP contribution is -2.50. The van der Waals surface area contributed by atoms with Crippen LogP contribution in [-0.4, -0.2) is 78.6 Å². The first-order valence-corrected chi connectivity index (χ1v) is 9.84. The number of hydrogen-bond acceptors (Lipinski definition) is 8. The zero-order chi connectivity index (χ0) is 23.3. The normalized spacial score (nSPS) is 14.0. The fourth-order valence-electron chi connectivity index (χ4n) is 3.43. The Balaban J connectivity index is 1.55. The summed E-state index contributed by atoms with van der Waals surface area (Å²) in [4.78, 5) is 38.9. The summed E-state index contributed by atoms with van der Waals surface area (Å²) in [7, 11) is 3.03. The molecule has 2 aromatic carbocycles. The Labute approximate surface area is 184 Å². The number of phenols is 1. The first kappa shape index (κ1) is 22.8.